The van der Waals surface area contributed by atoms with E-state index in [1.54, 1.807) is 42.5 Å². The molecule has 2 aromatic carbocycles. The lowest BCUT2D eigenvalue weighted by Crippen LogP contribution is -2.39. The molecule has 0 radical (unpaired) electrons. The van der Waals surface area contributed by atoms with Gasteiger partial charge in [0.15, 0.2) is 0 Å². The highest BCUT2D eigenvalue weighted by atomic mass is 32.2. The van der Waals surface area contributed by atoms with Gasteiger partial charge >= 0.3 is 5.97 Å². The maximum Gasteiger partial charge on any atom is 0.336 e. The van der Waals surface area contributed by atoms with Crippen molar-refractivity contribution in [2.24, 2.45) is 5.10 Å². The molecule has 9 heteroatoms. The van der Waals surface area contributed by atoms with Crippen LogP contribution in [0.3, 0.4) is 0 Å². The third kappa shape index (κ3) is 5.15. The van der Waals surface area contributed by atoms with Crippen molar-refractivity contribution in [2.75, 3.05) is 17.1 Å². The van der Waals surface area contributed by atoms with Gasteiger partial charge in [-0.15, -0.1) is 0 Å². The van der Waals surface area contributed by atoms with Gasteiger partial charge in [-0.05, 0) is 18.2 Å². The Hall–Kier alpha value is -3.20. The Morgan fingerprint density at radius 3 is 2.35 bits per heavy atom. The number of carbonyl (C=O) groups is 2. The Labute approximate surface area is 150 Å². The third-order valence-corrected chi connectivity index (χ3v) is 4.46. The van der Waals surface area contributed by atoms with E-state index in [2.05, 4.69) is 10.5 Å². The van der Waals surface area contributed by atoms with Gasteiger partial charge in [-0.1, -0.05) is 36.4 Å². The maximum atomic E-state index is 12.0. The van der Waals surface area contributed by atoms with E-state index < -0.39 is 28.4 Å². The van der Waals surface area contributed by atoms with Gasteiger partial charge in [0.2, 0.25) is 10.0 Å². The van der Waals surface area contributed by atoms with Crippen molar-refractivity contribution in [2.45, 2.75) is 0 Å². The van der Waals surface area contributed by atoms with Crippen molar-refractivity contribution in [3.05, 3.63) is 65.7 Å². The van der Waals surface area contributed by atoms with E-state index in [9.17, 15) is 18.0 Å². The van der Waals surface area contributed by atoms with Crippen molar-refractivity contribution < 1.29 is 23.1 Å². The largest absolute Gasteiger partial charge is 0.478 e. The topological polar surface area (TPSA) is 116 Å². The smallest absolute Gasteiger partial charge is 0.336 e. The average molecular weight is 375 g/mol. The van der Waals surface area contributed by atoms with Crippen LogP contribution in [0.5, 0.6) is 0 Å². The summed E-state index contributed by atoms with van der Waals surface area (Å²) in [5, 5.41) is 12.8. The van der Waals surface area contributed by atoms with Crippen LogP contribution in [-0.2, 0) is 14.8 Å². The monoisotopic (exact) mass is 375 g/mol. The molecule has 0 aromatic heterocycles. The van der Waals surface area contributed by atoms with Crippen LogP contribution < -0.4 is 9.73 Å². The Morgan fingerprint density at radius 2 is 1.73 bits per heavy atom. The van der Waals surface area contributed by atoms with E-state index in [4.69, 9.17) is 5.11 Å². The number of hydrazone groups is 1. The molecular weight excluding hydrogens is 358 g/mol. The summed E-state index contributed by atoms with van der Waals surface area (Å²) in [5.41, 5.74) is 2.90. The van der Waals surface area contributed by atoms with Crippen LogP contribution in [0.25, 0.3) is 0 Å². The molecule has 0 aliphatic heterocycles. The highest BCUT2D eigenvalue weighted by Crippen LogP contribution is 2.16. The summed E-state index contributed by atoms with van der Waals surface area (Å²) in [4.78, 5) is 23.1. The summed E-state index contributed by atoms with van der Waals surface area (Å²) in [6.45, 7) is -0.458. The standard InChI is InChI=1S/C17H17N3O5S/c1-26(24,25)20(14-8-3-2-4-9-14)12-16(21)19-18-11-13-7-5-6-10-15(13)17(22)23/h2-11H,12H2,1H3,(H,19,21)(H,22,23)/b18-11-. The summed E-state index contributed by atoms with van der Waals surface area (Å²) in [6, 6.07) is 14.3. The molecule has 0 unspecified atom stereocenters. The first-order chi connectivity index (χ1) is 12.3. The number of sulfonamides is 1. The van der Waals surface area contributed by atoms with Crippen LogP contribution in [0.1, 0.15) is 15.9 Å². The molecule has 0 saturated heterocycles. The van der Waals surface area contributed by atoms with E-state index in [1.165, 1.54) is 18.3 Å². The van der Waals surface area contributed by atoms with Crippen LogP contribution >= 0.6 is 0 Å². The molecule has 0 saturated carbocycles. The van der Waals surface area contributed by atoms with Crippen molar-refractivity contribution in [1.82, 2.24) is 5.43 Å². The summed E-state index contributed by atoms with van der Waals surface area (Å²) in [6.07, 6.45) is 2.19. The number of rotatable bonds is 7. The lowest BCUT2D eigenvalue weighted by molar-refractivity contribution is -0.119. The summed E-state index contributed by atoms with van der Waals surface area (Å²) in [7, 11) is -3.67. The molecule has 0 bridgehead atoms. The minimum absolute atomic E-state index is 0.0348. The van der Waals surface area contributed by atoms with Gasteiger partial charge < -0.3 is 5.11 Å². The second-order valence-corrected chi connectivity index (χ2v) is 7.20. The molecule has 0 fully saturated rings. The summed E-state index contributed by atoms with van der Waals surface area (Å²) < 4.78 is 24.8. The van der Waals surface area contributed by atoms with Gasteiger partial charge in [-0.25, -0.2) is 18.6 Å². The maximum absolute atomic E-state index is 12.0. The Kier molecular flexibility index (Phi) is 6.07. The van der Waals surface area contributed by atoms with Gasteiger partial charge in [-0.2, -0.15) is 5.10 Å². The van der Waals surface area contributed by atoms with Crippen molar-refractivity contribution in [3.8, 4) is 0 Å². The van der Waals surface area contributed by atoms with Crippen LogP contribution in [0, 0.1) is 0 Å². The predicted octanol–water partition coefficient (Wildman–Crippen LogP) is 1.30. The van der Waals surface area contributed by atoms with Gasteiger partial charge in [-0.3, -0.25) is 9.10 Å². The van der Waals surface area contributed by atoms with E-state index in [0.29, 0.717) is 11.3 Å². The molecule has 0 atom stereocenters. The first-order valence-electron chi connectivity index (χ1n) is 7.46. The predicted molar refractivity (Wildman–Crippen MR) is 97.8 cm³/mol. The number of anilines is 1. The molecule has 0 aliphatic carbocycles. The van der Waals surface area contributed by atoms with Crippen molar-refractivity contribution in [3.63, 3.8) is 0 Å². The lowest BCUT2D eigenvalue weighted by atomic mass is 10.1. The lowest BCUT2D eigenvalue weighted by Gasteiger charge is -2.21. The number of nitrogens with one attached hydrogen (secondary N) is 1. The second-order valence-electron chi connectivity index (χ2n) is 5.29. The minimum Gasteiger partial charge on any atom is -0.478 e. The van der Waals surface area contributed by atoms with E-state index >= 15 is 0 Å². The van der Waals surface area contributed by atoms with Crippen molar-refractivity contribution in [1.29, 1.82) is 0 Å². The Morgan fingerprint density at radius 1 is 1.12 bits per heavy atom. The number of carboxylic acids is 1. The number of amides is 1. The fourth-order valence-electron chi connectivity index (χ4n) is 2.14. The van der Waals surface area contributed by atoms with Crippen LogP contribution in [0.2, 0.25) is 0 Å². The third-order valence-electron chi connectivity index (χ3n) is 3.32. The summed E-state index contributed by atoms with van der Waals surface area (Å²) in [5.74, 6) is -1.78. The first-order valence-corrected chi connectivity index (χ1v) is 9.31. The number of para-hydroxylation sites is 1. The second kappa shape index (κ2) is 8.26. The molecule has 26 heavy (non-hydrogen) atoms. The van der Waals surface area contributed by atoms with Crippen molar-refractivity contribution >= 4 is 33.8 Å². The zero-order valence-corrected chi connectivity index (χ0v) is 14.7. The number of hydrogen-bond acceptors (Lipinski definition) is 5. The normalized spacial score (nSPS) is 11.3. The average Bonchev–Trinajstić information content (AvgIpc) is 2.60. The quantitative estimate of drug-likeness (QED) is 0.559. The molecule has 136 valence electrons. The zero-order valence-electron chi connectivity index (χ0n) is 13.9. The molecule has 0 aliphatic rings. The van der Waals surface area contributed by atoms with Gasteiger partial charge in [0.25, 0.3) is 5.91 Å². The number of benzene rings is 2. The van der Waals surface area contributed by atoms with Crippen LogP contribution in [0.4, 0.5) is 5.69 Å². The first kappa shape index (κ1) is 19.1. The highest BCUT2D eigenvalue weighted by molar-refractivity contribution is 7.92. The van der Waals surface area contributed by atoms with E-state index in [-0.39, 0.29) is 5.56 Å². The number of nitrogens with zero attached hydrogens (tertiary/aromatic N) is 2. The number of carboxylic acid groups (broad SMARTS) is 1. The molecule has 2 N–H and O–H groups in total. The van der Waals surface area contributed by atoms with Gasteiger partial charge in [0.05, 0.1) is 23.7 Å². The van der Waals surface area contributed by atoms with Gasteiger partial charge in [0.1, 0.15) is 6.54 Å². The fourth-order valence-corrected chi connectivity index (χ4v) is 2.99. The molecule has 8 nitrogen and oxygen atoms in total. The SMILES string of the molecule is CS(=O)(=O)N(CC(=O)N/N=C\c1ccccc1C(=O)O)c1ccccc1. The Balaban J connectivity index is 2.09. The fraction of sp³-hybridized carbons (Fsp3) is 0.118. The van der Waals surface area contributed by atoms with Gasteiger partial charge in [0, 0.05) is 5.56 Å². The molecule has 2 aromatic rings. The summed E-state index contributed by atoms with van der Waals surface area (Å²) >= 11 is 0. The highest BCUT2D eigenvalue weighted by Gasteiger charge is 2.20. The minimum atomic E-state index is -3.67. The van der Waals surface area contributed by atoms with E-state index in [1.807, 2.05) is 0 Å². The number of carbonyl (C=O) groups excluding carboxylic acids is 1. The van der Waals surface area contributed by atoms with Crippen LogP contribution in [0.15, 0.2) is 59.7 Å². The molecule has 0 spiro atoms. The number of hydrogen-bond donors (Lipinski definition) is 2. The molecule has 2 rings (SSSR count). The Bertz CT molecular complexity index is 926. The zero-order chi connectivity index (χ0) is 19.2. The van der Waals surface area contributed by atoms with E-state index in [0.717, 1.165) is 10.6 Å². The molecule has 0 heterocycles. The molecule has 1 amide bonds. The molecular formula is C17H17N3O5S. The number of aromatic carboxylic acids is 1. The van der Waals surface area contributed by atoms with Crippen LogP contribution in [-0.4, -0.2) is 44.4 Å².